The van der Waals surface area contributed by atoms with Gasteiger partial charge < -0.3 is 10.2 Å². The first kappa shape index (κ1) is 30.5. The van der Waals surface area contributed by atoms with Gasteiger partial charge >= 0.3 is 12.1 Å². The summed E-state index contributed by atoms with van der Waals surface area (Å²) < 4.78 is 0. The summed E-state index contributed by atoms with van der Waals surface area (Å²) in [7, 11) is 0. The summed E-state index contributed by atoms with van der Waals surface area (Å²) in [5.41, 5.74) is 3.11. The van der Waals surface area contributed by atoms with Gasteiger partial charge in [-0.1, -0.05) is 50.2 Å². The molecule has 0 spiro atoms. The molecule has 1 aliphatic heterocycles. The van der Waals surface area contributed by atoms with E-state index in [-0.39, 0.29) is 12.0 Å². The quantitative estimate of drug-likeness (QED) is 0.209. The number of hydrogen-bond donors (Lipinski definition) is 3. The van der Waals surface area contributed by atoms with Crippen LogP contribution in [0.5, 0.6) is 0 Å². The third-order valence-corrected chi connectivity index (χ3v) is 8.73. The highest BCUT2D eigenvalue weighted by Crippen LogP contribution is 2.54. The van der Waals surface area contributed by atoms with Crippen LogP contribution in [-0.2, 0) is 4.79 Å². The van der Waals surface area contributed by atoms with Gasteiger partial charge in [-0.15, -0.1) is 0 Å². The Morgan fingerprint density at radius 3 is 2.29 bits per heavy atom. The van der Waals surface area contributed by atoms with E-state index in [2.05, 4.69) is 35.8 Å². The smallest absolute Gasteiger partial charge is 0.306 e. The number of carbonyl (C=O) groups excluding carboxylic acids is 3. The third kappa shape index (κ3) is 6.09. The van der Waals surface area contributed by atoms with E-state index in [9.17, 15) is 19.6 Å². The van der Waals surface area contributed by atoms with Crippen molar-refractivity contribution >= 4 is 35.1 Å². The largest absolute Gasteiger partial charge is 0.347 e. The van der Waals surface area contributed by atoms with E-state index in [0.717, 1.165) is 12.1 Å². The van der Waals surface area contributed by atoms with E-state index in [1.165, 1.54) is 9.80 Å². The molecule has 0 unspecified atom stereocenters. The molecule has 0 bridgehead atoms. The number of carbonyl (C=O) groups is 3. The minimum atomic E-state index is -1.18. The molecule has 1 saturated heterocycles. The summed E-state index contributed by atoms with van der Waals surface area (Å²) in [4.78, 5) is 42.6. The second kappa shape index (κ2) is 12.2. The Bertz CT molecular complexity index is 1370. The number of benzene rings is 2. The van der Waals surface area contributed by atoms with Gasteiger partial charge in [0, 0.05) is 23.5 Å². The Kier molecular flexibility index (Phi) is 8.87. The van der Waals surface area contributed by atoms with Crippen molar-refractivity contribution in [2.75, 3.05) is 16.8 Å². The topological polar surface area (TPSA) is 141 Å². The van der Waals surface area contributed by atoms with Crippen molar-refractivity contribution in [1.29, 1.82) is 5.26 Å². The third-order valence-electron chi connectivity index (χ3n) is 8.73. The highest BCUT2D eigenvalue weighted by molar-refractivity contribution is 6.00. The van der Waals surface area contributed by atoms with E-state index in [4.69, 9.17) is 5.26 Å². The molecule has 11 heteroatoms. The highest BCUT2D eigenvalue weighted by atomic mass is 16.5. The summed E-state index contributed by atoms with van der Waals surface area (Å²) in [5, 5.41) is 27.6. The van der Waals surface area contributed by atoms with Gasteiger partial charge in [0.1, 0.15) is 6.54 Å². The summed E-state index contributed by atoms with van der Waals surface area (Å²) in [6.07, 6.45) is 1.03. The maximum absolute atomic E-state index is 13.8. The van der Waals surface area contributed by atoms with Crippen LogP contribution in [0.25, 0.3) is 0 Å². The molecule has 11 nitrogen and oxygen atoms in total. The molecule has 222 valence electrons. The molecule has 2 aromatic rings. The molecule has 42 heavy (non-hydrogen) atoms. The predicted octanol–water partition coefficient (Wildman–Crippen LogP) is 5.41. The molecule has 0 aromatic heterocycles. The number of anilines is 2. The van der Waals surface area contributed by atoms with E-state index < -0.39 is 29.7 Å². The Balaban J connectivity index is 1.48. The van der Waals surface area contributed by atoms with Crippen molar-refractivity contribution in [1.82, 2.24) is 15.4 Å². The van der Waals surface area contributed by atoms with Gasteiger partial charge in [0.2, 0.25) is 0 Å². The van der Waals surface area contributed by atoms with E-state index in [1.54, 1.807) is 74.5 Å². The molecule has 3 N–H and O–H groups in total. The van der Waals surface area contributed by atoms with Crippen LogP contribution in [0, 0.1) is 28.6 Å². The van der Waals surface area contributed by atoms with Crippen LogP contribution >= 0.6 is 0 Å². The number of hydrogen-bond acceptors (Lipinski definition) is 6. The number of nitriles is 1. The Morgan fingerprint density at radius 1 is 1.07 bits per heavy atom. The number of hydrazone groups is 1. The average molecular weight is 574 g/mol. The van der Waals surface area contributed by atoms with E-state index in [1.807, 2.05) is 6.92 Å². The molecule has 1 saturated carbocycles. The van der Waals surface area contributed by atoms with Crippen LogP contribution in [0.3, 0.4) is 0 Å². The molecule has 2 aromatic carbocycles. The lowest BCUT2D eigenvalue weighted by Gasteiger charge is -2.52. The zero-order chi connectivity index (χ0) is 30.7. The van der Waals surface area contributed by atoms with Crippen LogP contribution in [-0.4, -0.2) is 57.1 Å². The summed E-state index contributed by atoms with van der Waals surface area (Å²) >= 11 is 0. The molecule has 2 aliphatic rings. The van der Waals surface area contributed by atoms with Gasteiger partial charge in [-0.3, -0.25) is 14.9 Å². The molecule has 1 heterocycles. The molecule has 0 radical (unpaired) electrons. The number of urea groups is 2. The lowest BCUT2D eigenvalue weighted by Crippen LogP contribution is -2.58. The minimum Gasteiger partial charge on any atom is -0.306 e. The lowest BCUT2D eigenvalue weighted by atomic mass is 9.53. The van der Waals surface area contributed by atoms with Crippen LogP contribution in [0.15, 0.2) is 65.8 Å². The van der Waals surface area contributed by atoms with Crippen LogP contribution < -0.4 is 15.6 Å². The molecule has 5 amide bonds. The Labute approximate surface area is 246 Å². The standard InChI is InChI=1S/C31H39N7O4/c1-21(18-23-19-22(16-17-32)30(23,2)3)34-35-26(39)20-36-29(41)37(25-14-10-7-11-15-25)27(31(36,4)5)38(42)28(40)33-24-12-8-6-9-13-24/h6-15,22-23,27,42H,16,18-20H2,1-5H3,(H,33,40)(H,35,39)/t22-,23-,27+/m1/s1. The maximum Gasteiger partial charge on any atom is 0.347 e. The van der Waals surface area contributed by atoms with Gasteiger partial charge in [-0.25, -0.2) is 15.0 Å². The molecular formula is C31H39N7O4. The number of hydroxylamine groups is 2. The van der Waals surface area contributed by atoms with Gasteiger partial charge in [-0.05, 0) is 75.1 Å². The predicted molar refractivity (Wildman–Crippen MR) is 159 cm³/mol. The van der Waals surface area contributed by atoms with Gasteiger partial charge in [0.05, 0.1) is 11.6 Å². The van der Waals surface area contributed by atoms with Crippen LogP contribution in [0.4, 0.5) is 21.0 Å². The van der Waals surface area contributed by atoms with E-state index >= 15 is 0 Å². The maximum atomic E-state index is 13.8. The molecule has 3 atom stereocenters. The van der Waals surface area contributed by atoms with Crippen molar-refractivity contribution in [3.05, 3.63) is 60.7 Å². The normalized spacial score (nSPS) is 22.6. The molecular weight excluding hydrogens is 534 g/mol. The van der Waals surface area contributed by atoms with Crippen molar-refractivity contribution in [2.24, 2.45) is 22.4 Å². The number of amides is 5. The number of nitrogens with one attached hydrogen (secondary N) is 2. The molecule has 1 aliphatic carbocycles. The molecule has 4 rings (SSSR count). The van der Waals surface area contributed by atoms with E-state index in [0.29, 0.717) is 41.1 Å². The number of rotatable bonds is 9. The van der Waals surface area contributed by atoms with Crippen LogP contribution in [0.1, 0.15) is 53.9 Å². The first-order valence-electron chi connectivity index (χ1n) is 14.1. The van der Waals surface area contributed by atoms with Gasteiger partial charge in [0.25, 0.3) is 5.91 Å². The Hall–Kier alpha value is -4.43. The van der Waals surface area contributed by atoms with Crippen molar-refractivity contribution in [3.8, 4) is 6.07 Å². The van der Waals surface area contributed by atoms with Gasteiger partial charge in [-0.2, -0.15) is 15.4 Å². The summed E-state index contributed by atoms with van der Waals surface area (Å²) in [6, 6.07) is 18.2. The fraction of sp³-hybridized carbons (Fsp3) is 0.452. The Morgan fingerprint density at radius 2 is 1.69 bits per heavy atom. The van der Waals surface area contributed by atoms with Crippen molar-refractivity contribution < 1.29 is 19.6 Å². The SMILES string of the molecule is CC(C[C@@H]1C[C@@H](CC#N)C1(C)C)=NNC(=O)CN1C(=O)N(c2ccccc2)[C@@H](N(O)C(=O)Nc2ccccc2)C1(C)C. The second-order valence-corrected chi connectivity index (χ2v) is 12.1. The van der Waals surface area contributed by atoms with Crippen molar-refractivity contribution in [3.63, 3.8) is 0 Å². The lowest BCUT2D eigenvalue weighted by molar-refractivity contribution is -0.124. The zero-order valence-corrected chi connectivity index (χ0v) is 24.7. The summed E-state index contributed by atoms with van der Waals surface area (Å²) in [5.74, 6) is 0.228. The van der Waals surface area contributed by atoms with Crippen molar-refractivity contribution in [2.45, 2.75) is 65.6 Å². The molecule has 2 fully saturated rings. The average Bonchev–Trinajstić information content (AvgIpc) is 3.16. The fourth-order valence-corrected chi connectivity index (χ4v) is 5.94. The zero-order valence-electron chi connectivity index (χ0n) is 24.7. The summed E-state index contributed by atoms with van der Waals surface area (Å²) in [6.45, 7) is 9.22. The van der Waals surface area contributed by atoms with Gasteiger partial charge in [0.15, 0.2) is 6.17 Å². The number of nitrogens with zero attached hydrogens (tertiary/aromatic N) is 5. The number of para-hydroxylation sites is 2. The first-order chi connectivity index (χ1) is 19.9. The monoisotopic (exact) mass is 573 g/mol. The first-order valence-corrected chi connectivity index (χ1v) is 14.1. The second-order valence-electron chi connectivity index (χ2n) is 12.1. The fourth-order valence-electron chi connectivity index (χ4n) is 5.94. The highest BCUT2D eigenvalue weighted by Gasteiger charge is 2.56. The van der Waals surface area contributed by atoms with Crippen LogP contribution in [0.2, 0.25) is 0 Å². The minimum absolute atomic E-state index is 0.0292.